The Labute approximate surface area is 186 Å². The molecule has 1 saturated heterocycles. The highest BCUT2D eigenvalue weighted by Gasteiger charge is 2.27. The molecule has 1 heterocycles. The number of hydrogen-bond acceptors (Lipinski definition) is 3. The van der Waals surface area contributed by atoms with E-state index < -0.39 is 11.6 Å². The number of benzene rings is 3. The predicted molar refractivity (Wildman–Crippen MR) is 119 cm³/mol. The highest BCUT2D eigenvalue weighted by molar-refractivity contribution is 5.86. The minimum absolute atomic E-state index is 0. The van der Waals surface area contributed by atoms with E-state index in [0.29, 0.717) is 13.1 Å². The van der Waals surface area contributed by atoms with Gasteiger partial charge in [-0.1, -0.05) is 48.5 Å². The molecule has 1 N–H and O–H groups in total. The molecular weight excluding hydrogens is 422 g/mol. The number of amides is 1. The fraction of sp³-hybridized carbons (Fsp3) is 0.292. The largest absolute Gasteiger partial charge is 0.365 e. The quantitative estimate of drug-likeness (QED) is 0.555. The Balaban J connectivity index is 0.00000272. The van der Waals surface area contributed by atoms with Crippen LogP contribution in [-0.2, 0) is 22.5 Å². The Kier molecular flexibility index (Phi) is 7.96. The van der Waals surface area contributed by atoms with E-state index in [-0.39, 0.29) is 43.1 Å². The van der Waals surface area contributed by atoms with Crippen molar-refractivity contribution in [3.8, 4) is 0 Å². The SMILES string of the molecule is Cl.O=C1COC(CNCCc2cccc3ccccc23)CN1Cc1c(F)cccc1F. The molecule has 0 bridgehead atoms. The van der Waals surface area contributed by atoms with Crippen LogP contribution in [0.15, 0.2) is 60.7 Å². The topological polar surface area (TPSA) is 41.6 Å². The van der Waals surface area contributed by atoms with Gasteiger partial charge >= 0.3 is 0 Å². The molecule has 0 spiro atoms. The summed E-state index contributed by atoms with van der Waals surface area (Å²) < 4.78 is 33.5. The van der Waals surface area contributed by atoms with E-state index in [0.717, 1.165) is 13.0 Å². The summed E-state index contributed by atoms with van der Waals surface area (Å²) in [6, 6.07) is 18.3. The van der Waals surface area contributed by atoms with Gasteiger partial charge in [-0.15, -0.1) is 12.4 Å². The van der Waals surface area contributed by atoms with Crippen LogP contribution < -0.4 is 5.32 Å². The smallest absolute Gasteiger partial charge is 0.248 e. The van der Waals surface area contributed by atoms with Crippen LogP contribution in [0.1, 0.15) is 11.1 Å². The Morgan fingerprint density at radius 3 is 2.52 bits per heavy atom. The van der Waals surface area contributed by atoms with Crippen molar-refractivity contribution in [3.63, 3.8) is 0 Å². The van der Waals surface area contributed by atoms with Crippen molar-refractivity contribution in [3.05, 3.63) is 83.4 Å². The summed E-state index contributed by atoms with van der Waals surface area (Å²) >= 11 is 0. The molecule has 4 rings (SSSR count). The summed E-state index contributed by atoms with van der Waals surface area (Å²) in [5, 5.41) is 5.85. The monoisotopic (exact) mass is 446 g/mol. The van der Waals surface area contributed by atoms with E-state index in [1.807, 2.05) is 12.1 Å². The lowest BCUT2D eigenvalue weighted by Gasteiger charge is -2.33. The Bertz CT molecular complexity index is 1020. The lowest BCUT2D eigenvalue weighted by molar-refractivity contribution is -0.149. The van der Waals surface area contributed by atoms with Gasteiger partial charge in [-0.2, -0.15) is 0 Å². The number of halogens is 3. The molecule has 1 fully saturated rings. The van der Waals surface area contributed by atoms with Crippen molar-refractivity contribution >= 4 is 29.1 Å². The second-order valence-electron chi connectivity index (χ2n) is 7.50. The van der Waals surface area contributed by atoms with Crippen LogP contribution in [0.4, 0.5) is 8.78 Å². The molecule has 3 aromatic rings. The van der Waals surface area contributed by atoms with Gasteiger partial charge in [-0.3, -0.25) is 4.79 Å². The third-order valence-corrected chi connectivity index (χ3v) is 5.45. The number of morpholine rings is 1. The van der Waals surface area contributed by atoms with Gasteiger partial charge in [0.2, 0.25) is 5.91 Å². The first-order chi connectivity index (χ1) is 14.6. The summed E-state index contributed by atoms with van der Waals surface area (Å²) in [6.45, 7) is 1.46. The van der Waals surface area contributed by atoms with E-state index in [1.165, 1.54) is 39.4 Å². The number of rotatable bonds is 7. The van der Waals surface area contributed by atoms with Crippen LogP contribution in [0.25, 0.3) is 10.8 Å². The van der Waals surface area contributed by atoms with Crippen LogP contribution in [0, 0.1) is 11.6 Å². The fourth-order valence-corrected chi connectivity index (χ4v) is 3.83. The number of hydrogen-bond donors (Lipinski definition) is 1. The zero-order valence-corrected chi connectivity index (χ0v) is 17.8. The van der Waals surface area contributed by atoms with Gasteiger partial charge in [0.1, 0.15) is 18.2 Å². The number of fused-ring (bicyclic) bond motifs is 1. The van der Waals surface area contributed by atoms with Crippen molar-refractivity contribution in [1.29, 1.82) is 0 Å². The zero-order valence-electron chi connectivity index (χ0n) is 17.0. The van der Waals surface area contributed by atoms with Gasteiger partial charge in [0.05, 0.1) is 12.6 Å². The lowest BCUT2D eigenvalue weighted by atomic mass is 10.0. The van der Waals surface area contributed by atoms with Crippen molar-refractivity contribution in [2.24, 2.45) is 0 Å². The van der Waals surface area contributed by atoms with Crippen molar-refractivity contribution in [1.82, 2.24) is 10.2 Å². The van der Waals surface area contributed by atoms with Gasteiger partial charge in [-0.05, 0) is 41.4 Å². The zero-order chi connectivity index (χ0) is 20.9. The molecular formula is C24H25ClF2N2O2. The van der Waals surface area contributed by atoms with Gasteiger partial charge in [0.25, 0.3) is 0 Å². The second-order valence-corrected chi connectivity index (χ2v) is 7.50. The molecule has 7 heteroatoms. The van der Waals surface area contributed by atoms with Crippen LogP contribution in [0.2, 0.25) is 0 Å². The number of ether oxygens (including phenoxy) is 1. The van der Waals surface area contributed by atoms with Gasteiger partial charge < -0.3 is 15.0 Å². The lowest BCUT2D eigenvalue weighted by Crippen LogP contribution is -2.49. The molecule has 1 aliphatic rings. The first-order valence-electron chi connectivity index (χ1n) is 10.1. The Hall–Kier alpha value is -2.54. The van der Waals surface area contributed by atoms with Crippen molar-refractivity contribution < 1.29 is 18.3 Å². The second kappa shape index (κ2) is 10.7. The molecule has 1 aliphatic heterocycles. The summed E-state index contributed by atoms with van der Waals surface area (Å²) in [5.41, 5.74) is 1.19. The number of nitrogens with zero attached hydrogens (tertiary/aromatic N) is 1. The Morgan fingerprint density at radius 2 is 1.71 bits per heavy atom. The molecule has 0 saturated carbocycles. The van der Waals surface area contributed by atoms with Crippen molar-refractivity contribution in [2.75, 3.05) is 26.2 Å². The predicted octanol–water partition coefficient (Wildman–Crippen LogP) is 4.10. The van der Waals surface area contributed by atoms with Gasteiger partial charge in [0.15, 0.2) is 0 Å². The molecule has 31 heavy (non-hydrogen) atoms. The first kappa shape index (κ1) is 23.1. The third-order valence-electron chi connectivity index (χ3n) is 5.45. The normalized spacial score (nSPS) is 16.4. The average molecular weight is 447 g/mol. The summed E-state index contributed by atoms with van der Waals surface area (Å²) in [7, 11) is 0. The minimum atomic E-state index is -0.640. The number of carbonyl (C=O) groups excluding carboxylic acids is 1. The van der Waals surface area contributed by atoms with Crippen LogP contribution >= 0.6 is 12.4 Å². The fourth-order valence-electron chi connectivity index (χ4n) is 3.83. The highest BCUT2D eigenvalue weighted by Crippen LogP contribution is 2.19. The summed E-state index contributed by atoms with van der Waals surface area (Å²) in [5.74, 6) is -1.54. The highest BCUT2D eigenvalue weighted by atomic mass is 35.5. The maximum atomic E-state index is 13.9. The number of carbonyl (C=O) groups is 1. The summed E-state index contributed by atoms with van der Waals surface area (Å²) in [6.07, 6.45) is 0.655. The standard InChI is InChI=1S/C24H24F2N2O2.ClH/c25-22-9-4-10-23(26)21(22)15-28-14-19(30-16-24(28)29)13-27-12-11-18-7-3-6-17-5-1-2-8-20(17)18;/h1-10,19,27H,11-16H2;1H. The van der Waals surface area contributed by atoms with Gasteiger partial charge in [0, 0.05) is 18.7 Å². The first-order valence-corrected chi connectivity index (χ1v) is 10.1. The average Bonchev–Trinajstić information content (AvgIpc) is 2.76. The maximum absolute atomic E-state index is 13.9. The van der Waals surface area contributed by atoms with Crippen LogP contribution in [-0.4, -0.2) is 43.2 Å². The molecule has 4 nitrogen and oxygen atoms in total. The molecule has 1 amide bonds. The molecule has 0 aliphatic carbocycles. The van der Waals surface area contributed by atoms with Crippen LogP contribution in [0.5, 0.6) is 0 Å². The van der Waals surface area contributed by atoms with E-state index in [1.54, 1.807) is 0 Å². The molecule has 1 atom stereocenters. The minimum Gasteiger partial charge on any atom is -0.365 e. The third kappa shape index (κ3) is 5.58. The number of nitrogens with one attached hydrogen (secondary N) is 1. The van der Waals surface area contributed by atoms with E-state index in [2.05, 4.69) is 35.6 Å². The van der Waals surface area contributed by atoms with E-state index in [4.69, 9.17) is 4.74 Å². The van der Waals surface area contributed by atoms with Crippen LogP contribution in [0.3, 0.4) is 0 Å². The molecule has 3 aromatic carbocycles. The summed E-state index contributed by atoms with van der Waals surface area (Å²) in [4.78, 5) is 13.6. The van der Waals surface area contributed by atoms with Gasteiger partial charge in [-0.25, -0.2) is 8.78 Å². The van der Waals surface area contributed by atoms with Crippen molar-refractivity contribution in [2.45, 2.75) is 19.1 Å². The maximum Gasteiger partial charge on any atom is 0.248 e. The molecule has 164 valence electrons. The Morgan fingerprint density at radius 1 is 1.00 bits per heavy atom. The van der Waals surface area contributed by atoms with E-state index >= 15 is 0 Å². The molecule has 0 aromatic heterocycles. The molecule has 0 radical (unpaired) electrons. The van der Waals surface area contributed by atoms with E-state index in [9.17, 15) is 13.6 Å². The molecule has 1 unspecified atom stereocenters.